The van der Waals surface area contributed by atoms with Gasteiger partial charge in [0.2, 0.25) is 0 Å². The molecule has 1 aromatic heterocycles. The van der Waals surface area contributed by atoms with Crippen molar-refractivity contribution in [1.29, 1.82) is 0 Å². The molecule has 0 radical (unpaired) electrons. The monoisotopic (exact) mass is 297 g/mol. The van der Waals surface area contributed by atoms with E-state index in [1.54, 1.807) is 24.3 Å². The molecule has 1 aromatic rings. The molecule has 0 saturated carbocycles. The lowest BCUT2D eigenvalue weighted by atomic mass is 10.2. The van der Waals surface area contributed by atoms with Gasteiger partial charge in [0.05, 0.1) is 11.5 Å². The zero-order valence-electron chi connectivity index (χ0n) is 11.4. The maximum Gasteiger partial charge on any atom is 0.317 e. The summed E-state index contributed by atoms with van der Waals surface area (Å²) in [7, 11) is -1.25. The summed E-state index contributed by atoms with van der Waals surface area (Å²) in [5, 5.41) is 2.77. The summed E-state index contributed by atoms with van der Waals surface area (Å²) in [6, 6.07) is 3.35. The molecule has 0 aromatic carbocycles. The molecule has 2 amide bonds. The van der Waals surface area contributed by atoms with Crippen LogP contribution in [0.1, 0.15) is 12.0 Å². The van der Waals surface area contributed by atoms with Crippen molar-refractivity contribution in [2.24, 2.45) is 0 Å². The molecular weight excluding hydrogens is 278 g/mol. The molecule has 1 unspecified atom stereocenters. The Balaban J connectivity index is 1.78. The Morgan fingerprint density at radius 3 is 2.75 bits per heavy atom. The number of likely N-dealkylation sites (N-methyl/N-ethyl adjacent to an activating group) is 1. The van der Waals surface area contributed by atoms with Gasteiger partial charge in [-0.2, -0.15) is 0 Å². The summed E-state index contributed by atoms with van der Waals surface area (Å²) in [4.78, 5) is 17.5. The molecule has 1 fully saturated rings. The third-order valence-electron chi connectivity index (χ3n) is 3.39. The topological polar surface area (TPSA) is 79.4 Å². The van der Waals surface area contributed by atoms with Crippen LogP contribution in [-0.2, 0) is 16.3 Å². The van der Waals surface area contributed by atoms with Crippen LogP contribution in [0.5, 0.6) is 0 Å². The SMILES string of the molecule is CN(CCc1ccncc1)C(=O)NC1CCS(=O)(=O)C1. The number of pyridine rings is 1. The summed E-state index contributed by atoms with van der Waals surface area (Å²) in [5.74, 6) is 0.218. The number of nitrogens with one attached hydrogen (secondary N) is 1. The molecule has 1 aliphatic heterocycles. The van der Waals surface area contributed by atoms with Gasteiger partial charge in [-0.3, -0.25) is 4.98 Å². The Bertz CT molecular complexity index is 559. The summed E-state index contributed by atoms with van der Waals surface area (Å²) in [6.45, 7) is 0.579. The Morgan fingerprint density at radius 2 is 2.15 bits per heavy atom. The Morgan fingerprint density at radius 1 is 1.45 bits per heavy atom. The molecule has 1 atom stereocenters. The van der Waals surface area contributed by atoms with E-state index in [4.69, 9.17) is 0 Å². The number of carbonyl (C=O) groups excluding carboxylic acids is 1. The van der Waals surface area contributed by atoms with Crippen LogP contribution < -0.4 is 5.32 Å². The van der Waals surface area contributed by atoms with Crippen molar-refractivity contribution in [3.8, 4) is 0 Å². The second-order valence-corrected chi connectivity index (χ2v) is 7.31. The number of sulfone groups is 1. The highest BCUT2D eigenvalue weighted by Crippen LogP contribution is 2.11. The van der Waals surface area contributed by atoms with E-state index in [1.165, 1.54) is 0 Å². The number of aromatic nitrogens is 1. The Kier molecular flexibility index (Phi) is 4.59. The van der Waals surface area contributed by atoms with Gasteiger partial charge in [-0.05, 0) is 30.5 Å². The smallest absolute Gasteiger partial charge is 0.317 e. The van der Waals surface area contributed by atoms with Gasteiger partial charge in [0.1, 0.15) is 0 Å². The molecular formula is C13H19N3O3S. The number of amides is 2. The van der Waals surface area contributed by atoms with Crippen LogP contribution in [0.2, 0.25) is 0 Å². The fraction of sp³-hybridized carbons (Fsp3) is 0.538. The predicted octanol–water partition coefficient (Wildman–Crippen LogP) is 0.453. The lowest BCUT2D eigenvalue weighted by Crippen LogP contribution is -2.44. The van der Waals surface area contributed by atoms with Gasteiger partial charge in [0.15, 0.2) is 9.84 Å². The number of hydrogen-bond acceptors (Lipinski definition) is 4. The summed E-state index contributed by atoms with van der Waals surface area (Å²) >= 11 is 0. The first-order valence-electron chi connectivity index (χ1n) is 6.57. The van der Waals surface area contributed by atoms with Crippen molar-refractivity contribution < 1.29 is 13.2 Å². The normalized spacial score (nSPS) is 20.6. The Hall–Kier alpha value is -1.63. The van der Waals surface area contributed by atoms with Gasteiger partial charge >= 0.3 is 6.03 Å². The highest BCUT2D eigenvalue weighted by Gasteiger charge is 2.29. The highest BCUT2D eigenvalue weighted by molar-refractivity contribution is 7.91. The second-order valence-electron chi connectivity index (χ2n) is 5.08. The van der Waals surface area contributed by atoms with E-state index in [0.717, 1.165) is 12.0 Å². The fourth-order valence-corrected chi connectivity index (χ4v) is 3.81. The predicted molar refractivity (Wildman–Crippen MR) is 76.2 cm³/mol. The molecule has 0 bridgehead atoms. The van der Waals surface area contributed by atoms with Gasteiger partial charge in [-0.15, -0.1) is 0 Å². The average molecular weight is 297 g/mol. The van der Waals surface area contributed by atoms with E-state index in [1.807, 2.05) is 12.1 Å². The third-order valence-corrected chi connectivity index (χ3v) is 5.16. The van der Waals surface area contributed by atoms with Gasteiger partial charge < -0.3 is 10.2 Å². The Labute approximate surface area is 119 Å². The van der Waals surface area contributed by atoms with E-state index in [9.17, 15) is 13.2 Å². The van der Waals surface area contributed by atoms with Crippen molar-refractivity contribution in [2.75, 3.05) is 25.1 Å². The van der Waals surface area contributed by atoms with Crippen LogP contribution in [0, 0.1) is 0 Å². The molecule has 1 aliphatic rings. The van der Waals surface area contributed by atoms with Crippen molar-refractivity contribution in [3.63, 3.8) is 0 Å². The second kappa shape index (κ2) is 6.21. The minimum absolute atomic E-state index is 0.0525. The van der Waals surface area contributed by atoms with Gasteiger partial charge in [-0.25, -0.2) is 13.2 Å². The third kappa shape index (κ3) is 4.19. The van der Waals surface area contributed by atoms with Crippen molar-refractivity contribution >= 4 is 15.9 Å². The highest BCUT2D eigenvalue weighted by atomic mass is 32.2. The van der Waals surface area contributed by atoms with Gasteiger partial charge in [0.25, 0.3) is 0 Å². The van der Waals surface area contributed by atoms with Crippen LogP contribution in [-0.4, -0.2) is 55.5 Å². The molecule has 0 aliphatic carbocycles. The van der Waals surface area contributed by atoms with E-state index in [2.05, 4.69) is 10.3 Å². The summed E-state index contributed by atoms with van der Waals surface area (Å²) in [5.41, 5.74) is 1.11. The molecule has 1 saturated heterocycles. The first-order chi connectivity index (χ1) is 9.46. The largest absolute Gasteiger partial charge is 0.334 e. The maximum absolute atomic E-state index is 11.9. The minimum atomic E-state index is -2.96. The average Bonchev–Trinajstić information content (AvgIpc) is 2.76. The van der Waals surface area contributed by atoms with E-state index < -0.39 is 9.84 Å². The van der Waals surface area contributed by atoms with Crippen LogP contribution >= 0.6 is 0 Å². The van der Waals surface area contributed by atoms with Crippen LogP contribution in [0.15, 0.2) is 24.5 Å². The van der Waals surface area contributed by atoms with Crippen molar-refractivity contribution in [3.05, 3.63) is 30.1 Å². The zero-order valence-corrected chi connectivity index (χ0v) is 12.3. The molecule has 2 heterocycles. The van der Waals surface area contributed by atoms with Gasteiger partial charge in [0, 0.05) is 32.0 Å². The summed E-state index contributed by atoms with van der Waals surface area (Å²) < 4.78 is 22.7. The number of carbonyl (C=O) groups is 1. The lowest BCUT2D eigenvalue weighted by Gasteiger charge is -2.20. The van der Waals surface area contributed by atoms with Crippen molar-refractivity contribution in [1.82, 2.24) is 15.2 Å². The maximum atomic E-state index is 11.9. The van der Waals surface area contributed by atoms with Crippen LogP contribution in [0.25, 0.3) is 0 Å². The molecule has 110 valence electrons. The summed E-state index contributed by atoms with van der Waals surface area (Å²) in [6.07, 6.45) is 4.69. The number of urea groups is 1. The van der Waals surface area contributed by atoms with E-state index in [-0.39, 0.29) is 23.6 Å². The molecule has 7 heteroatoms. The van der Waals surface area contributed by atoms with E-state index in [0.29, 0.717) is 13.0 Å². The first kappa shape index (κ1) is 14.8. The molecule has 2 rings (SSSR count). The number of hydrogen-bond donors (Lipinski definition) is 1. The molecule has 6 nitrogen and oxygen atoms in total. The van der Waals surface area contributed by atoms with E-state index >= 15 is 0 Å². The quantitative estimate of drug-likeness (QED) is 0.875. The first-order valence-corrected chi connectivity index (χ1v) is 8.39. The molecule has 20 heavy (non-hydrogen) atoms. The number of nitrogens with zero attached hydrogens (tertiary/aromatic N) is 2. The molecule has 1 N–H and O–H groups in total. The van der Waals surface area contributed by atoms with Crippen molar-refractivity contribution in [2.45, 2.75) is 18.9 Å². The lowest BCUT2D eigenvalue weighted by molar-refractivity contribution is 0.206. The standard InChI is InChI=1S/C13H19N3O3S/c1-16(8-4-11-2-6-14-7-3-11)13(17)15-12-5-9-20(18,19)10-12/h2-3,6-7,12H,4-5,8-10H2,1H3,(H,15,17). The zero-order chi connectivity index (χ0) is 14.6. The number of rotatable bonds is 4. The van der Waals surface area contributed by atoms with Gasteiger partial charge in [-0.1, -0.05) is 0 Å². The minimum Gasteiger partial charge on any atom is -0.334 e. The fourth-order valence-electron chi connectivity index (χ4n) is 2.14. The van der Waals surface area contributed by atoms with Crippen LogP contribution in [0.4, 0.5) is 4.79 Å². The molecule has 0 spiro atoms. The van der Waals surface area contributed by atoms with Crippen LogP contribution in [0.3, 0.4) is 0 Å².